The Balaban J connectivity index is 2.76. The fraction of sp³-hybridized carbons (Fsp3) is 0.385. The van der Waals surface area contributed by atoms with Gasteiger partial charge in [-0.05, 0) is 12.1 Å². The summed E-state index contributed by atoms with van der Waals surface area (Å²) in [6, 6.07) is 10.7. The number of hydrogen-bond acceptors (Lipinski definition) is 3. The molecule has 0 aliphatic carbocycles. The second-order valence-corrected chi connectivity index (χ2v) is 4.65. The molecule has 1 rings (SSSR count). The normalized spacial score (nSPS) is 12.6. The average Bonchev–Trinajstić information content (AvgIpc) is 2.25. The molecular weight excluding hydrogens is 202 g/mol. The van der Waals surface area contributed by atoms with E-state index in [1.165, 1.54) is 0 Å². The molecule has 1 aromatic rings. The SMILES string of the molecule is CC(C)(C)C(C#N)OC(=O)c1ccccc1. The second-order valence-electron chi connectivity index (χ2n) is 4.65. The Labute approximate surface area is 95.7 Å². The predicted octanol–water partition coefficient (Wildman–Crippen LogP) is 2.78. The van der Waals surface area contributed by atoms with Gasteiger partial charge in [0.1, 0.15) is 6.07 Å². The molecule has 1 aromatic carbocycles. The van der Waals surface area contributed by atoms with Gasteiger partial charge in [0.2, 0.25) is 0 Å². The van der Waals surface area contributed by atoms with Crippen molar-refractivity contribution in [2.45, 2.75) is 26.9 Å². The number of nitriles is 1. The van der Waals surface area contributed by atoms with E-state index >= 15 is 0 Å². The maximum Gasteiger partial charge on any atom is 0.339 e. The van der Waals surface area contributed by atoms with Crippen molar-refractivity contribution in [2.75, 3.05) is 0 Å². The van der Waals surface area contributed by atoms with Gasteiger partial charge in [-0.25, -0.2) is 4.79 Å². The van der Waals surface area contributed by atoms with Crippen LogP contribution in [-0.2, 0) is 4.74 Å². The summed E-state index contributed by atoms with van der Waals surface area (Å²) in [5.74, 6) is -0.456. The van der Waals surface area contributed by atoms with Crippen molar-refractivity contribution in [1.82, 2.24) is 0 Å². The number of esters is 1. The lowest BCUT2D eigenvalue weighted by atomic mass is 9.90. The van der Waals surface area contributed by atoms with Gasteiger partial charge in [-0.1, -0.05) is 39.0 Å². The molecule has 0 amide bonds. The molecule has 3 nitrogen and oxygen atoms in total. The van der Waals surface area contributed by atoms with Crippen LogP contribution >= 0.6 is 0 Å². The minimum Gasteiger partial charge on any atom is -0.443 e. The fourth-order valence-electron chi connectivity index (χ4n) is 1.15. The van der Waals surface area contributed by atoms with E-state index in [0.29, 0.717) is 5.56 Å². The van der Waals surface area contributed by atoms with Crippen LogP contribution in [0, 0.1) is 16.7 Å². The molecule has 0 saturated carbocycles. The van der Waals surface area contributed by atoms with Crippen molar-refractivity contribution in [2.24, 2.45) is 5.41 Å². The molecule has 84 valence electrons. The van der Waals surface area contributed by atoms with Gasteiger partial charge < -0.3 is 4.74 Å². The van der Waals surface area contributed by atoms with E-state index < -0.39 is 12.1 Å². The van der Waals surface area contributed by atoms with Crippen LogP contribution in [-0.4, -0.2) is 12.1 Å². The van der Waals surface area contributed by atoms with Crippen molar-refractivity contribution in [3.63, 3.8) is 0 Å². The Bertz CT molecular complexity index is 398. The Kier molecular flexibility index (Phi) is 3.68. The highest BCUT2D eigenvalue weighted by Gasteiger charge is 2.28. The predicted molar refractivity (Wildman–Crippen MR) is 60.7 cm³/mol. The first-order valence-electron chi connectivity index (χ1n) is 5.11. The molecule has 0 spiro atoms. The molecule has 0 heterocycles. The lowest BCUT2D eigenvalue weighted by Crippen LogP contribution is -2.30. The molecular formula is C13H15NO2. The van der Waals surface area contributed by atoms with Crippen molar-refractivity contribution in [3.8, 4) is 6.07 Å². The van der Waals surface area contributed by atoms with Crippen LogP contribution in [0.2, 0.25) is 0 Å². The molecule has 0 fully saturated rings. The molecule has 1 atom stereocenters. The third kappa shape index (κ3) is 3.09. The highest BCUT2D eigenvalue weighted by atomic mass is 16.5. The van der Waals surface area contributed by atoms with E-state index in [0.717, 1.165) is 0 Å². The zero-order valence-corrected chi connectivity index (χ0v) is 9.73. The third-order valence-corrected chi connectivity index (χ3v) is 2.14. The van der Waals surface area contributed by atoms with Gasteiger partial charge >= 0.3 is 5.97 Å². The molecule has 0 aliphatic heterocycles. The van der Waals surface area contributed by atoms with Gasteiger partial charge in [0, 0.05) is 5.41 Å². The highest BCUT2D eigenvalue weighted by Crippen LogP contribution is 2.22. The van der Waals surface area contributed by atoms with Gasteiger partial charge in [-0.2, -0.15) is 5.26 Å². The summed E-state index contributed by atoms with van der Waals surface area (Å²) in [5.41, 5.74) is 0.0890. The standard InChI is InChI=1S/C13H15NO2/c1-13(2,3)11(9-14)16-12(15)10-7-5-4-6-8-10/h4-8,11H,1-3H3. The summed E-state index contributed by atoms with van der Waals surface area (Å²) in [4.78, 5) is 11.7. The van der Waals surface area contributed by atoms with Crippen LogP contribution in [0.1, 0.15) is 31.1 Å². The lowest BCUT2D eigenvalue weighted by Gasteiger charge is -2.24. The molecule has 0 saturated heterocycles. The maximum absolute atomic E-state index is 11.7. The monoisotopic (exact) mass is 217 g/mol. The Hall–Kier alpha value is -1.82. The summed E-state index contributed by atoms with van der Waals surface area (Å²) < 4.78 is 5.15. The lowest BCUT2D eigenvalue weighted by molar-refractivity contribution is 0.0173. The summed E-state index contributed by atoms with van der Waals surface area (Å²) in [6.45, 7) is 5.58. The summed E-state index contributed by atoms with van der Waals surface area (Å²) in [7, 11) is 0. The molecule has 0 N–H and O–H groups in total. The topological polar surface area (TPSA) is 50.1 Å². The smallest absolute Gasteiger partial charge is 0.339 e. The minimum atomic E-state index is -0.736. The van der Waals surface area contributed by atoms with Crippen LogP contribution in [0.15, 0.2) is 30.3 Å². The van der Waals surface area contributed by atoms with E-state index in [9.17, 15) is 4.79 Å². The van der Waals surface area contributed by atoms with E-state index in [1.807, 2.05) is 32.9 Å². The van der Waals surface area contributed by atoms with Gasteiger partial charge in [0.25, 0.3) is 0 Å². The highest BCUT2D eigenvalue weighted by molar-refractivity contribution is 5.89. The Morgan fingerprint density at radius 2 is 1.88 bits per heavy atom. The molecule has 0 bridgehead atoms. The zero-order valence-electron chi connectivity index (χ0n) is 9.73. The minimum absolute atomic E-state index is 0.376. The van der Waals surface area contributed by atoms with Gasteiger partial charge in [0.15, 0.2) is 6.10 Å². The zero-order chi connectivity index (χ0) is 12.2. The number of carbonyl (C=O) groups excluding carboxylic acids is 1. The molecule has 0 aliphatic rings. The van der Waals surface area contributed by atoms with Crippen molar-refractivity contribution in [3.05, 3.63) is 35.9 Å². The first kappa shape index (κ1) is 12.3. The molecule has 0 radical (unpaired) electrons. The number of nitrogens with zero attached hydrogens (tertiary/aromatic N) is 1. The summed E-state index contributed by atoms with van der Waals surface area (Å²) in [5, 5.41) is 8.93. The quantitative estimate of drug-likeness (QED) is 0.716. The van der Waals surface area contributed by atoms with Crippen LogP contribution in [0.25, 0.3) is 0 Å². The first-order chi connectivity index (χ1) is 7.45. The van der Waals surface area contributed by atoms with E-state index in [4.69, 9.17) is 10.00 Å². The summed E-state index contributed by atoms with van der Waals surface area (Å²) >= 11 is 0. The number of hydrogen-bond donors (Lipinski definition) is 0. The largest absolute Gasteiger partial charge is 0.443 e. The number of ether oxygens (including phenoxy) is 1. The number of carbonyl (C=O) groups is 1. The van der Waals surface area contributed by atoms with E-state index in [2.05, 4.69) is 0 Å². The summed E-state index contributed by atoms with van der Waals surface area (Å²) in [6.07, 6.45) is -0.736. The molecule has 1 unspecified atom stereocenters. The number of benzene rings is 1. The third-order valence-electron chi connectivity index (χ3n) is 2.14. The van der Waals surface area contributed by atoms with E-state index in [-0.39, 0.29) is 5.41 Å². The van der Waals surface area contributed by atoms with Crippen LogP contribution < -0.4 is 0 Å². The van der Waals surface area contributed by atoms with Crippen LogP contribution in [0.4, 0.5) is 0 Å². The van der Waals surface area contributed by atoms with Gasteiger partial charge in [-0.15, -0.1) is 0 Å². The fourth-order valence-corrected chi connectivity index (χ4v) is 1.15. The van der Waals surface area contributed by atoms with Crippen LogP contribution in [0.3, 0.4) is 0 Å². The van der Waals surface area contributed by atoms with Crippen molar-refractivity contribution >= 4 is 5.97 Å². The average molecular weight is 217 g/mol. The van der Waals surface area contributed by atoms with Crippen LogP contribution in [0.5, 0.6) is 0 Å². The number of rotatable bonds is 2. The van der Waals surface area contributed by atoms with Crippen molar-refractivity contribution < 1.29 is 9.53 Å². The maximum atomic E-state index is 11.7. The van der Waals surface area contributed by atoms with Crippen molar-refractivity contribution in [1.29, 1.82) is 5.26 Å². The Morgan fingerprint density at radius 1 is 1.31 bits per heavy atom. The van der Waals surface area contributed by atoms with Gasteiger partial charge in [-0.3, -0.25) is 0 Å². The second kappa shape index (κ2) is 4.80. The molecule has 0 aromatic heterocycles. The van der Waals surface area contributed by atoms with E-state index in [1.54, 1.807) is 24.3 Å². The molecule has 3 heteroatoms. The van der Waals surface area contributed by atoms with Gasteiger partial charge in [0.05, 0.1) is 5.56 Å². The molecule has 16 heavy (non-hydrogen) atoms. The Morgan fingerprint density at radius 3 is 2.31 bits per heavy atom. The first-order valence-corrected chi connectivity index (χ1v) is 5.11.